The van der Waals surface area contributed by atoms with Gasteiger partial charge < -0.3 is 4.74 Å². The van der Waals surface area contributed by atoms with Crippen LogP contribution in [0.15, 0.2) is 42.7 Å². The molecule has 0 unspecified atom stereocenters. The van der Waals surface area contributed by atoms with E-state index in [4.69, 9.17) is 4.74 Å². The summed E-state index contributed by atoms with van der Waals surface area (Å²) in [5.41, 5.74) is 1.39. The van der Waals surface area contributed by atoms with Crippen molar-refractivity contribution in [2.45, 2.75) is 12.3 Å². The number of benzene rings is 1. The molecule has 0 aliphatic carbocycles. The zero-order valence-corrected chi connectivity index (χ0v) is 6.94. The Bertz CT molecular complexity index is 264. The summed E-state index contributed by atoms with van der Waals surface area (Å²) in [4.78, 5) is 0. The van der Waals surface area contributed by atoms with Crippen LogP contribution in [-0.2, 0) is 4.74 Å². The number of allylic oxidation sites excluding steroid dienone is 1. The van der Waals surface area contributed by atoms with E-state index in [-0.39, 0.29) is 0 Å². The Morgan fingerprint density at radius 2 is 2.00 bits per heavy atom. The lowest BCUT2D eigenvalue weighted by molar-refractivity contribution is 0.223. The topological polar surface area (TPSA) is 9.23 Å². The fourth-order valence-electron chi connectivity index (χ4n) is 1.49. The van der Waals surface area contributed by atoms with Crippen molar-refractivity contribution in [3.8, 4) is 0 Å². The fraction of sp³-hybridized carbons (Fsp3) is 0.273. The smallest absolute Gasteiger partial charge is 0.0882 e. The van der Waals surface area contributed by atoms with Gasteiger partial charge in [-0.1, -0.05) is 30.3 Å². The Morgan fingerprint density at radius 3 is 2.67 bits per heavy atom. The molecule has 0 radical (unpaired) electrons. The molecule has 1 aliphatic heterocycles. The minimum absolute atomic E-state index is 0.556. The van der Waals surface area contributed by atoms with E-state index in [9.17, 15) is 0 Å². The molecule has 0 aromatic heterocycles. The molecule has 0 saturated carbocycles. The van der Waals surface area contributed by atoms with Crippen molar-refractivity contribution in [1.29, 1.82) is 0 Å². The third-order valence-electron chi connectivity index (χ3n) is 2.18. The van der Waals surface area contributed by atoms with E-state index in [1.54, 1.807) is 6.26 Å². The third-order valence-corrected chi connectivity index (χ3v) is 2.18. The highest BCUT2D eigenvalue weighted by molar-refractivity contribution is 5.23. The van der Waals surface area contributed by atoms with Crippen LogP contribution in [0, 0.1) is 0 Å². The Balaban J connectivity index is 2.19. The van der Waals surface area contributed by atoms with E-state index in [1.807, 2.05) is 6.07 Å². The van der Waals surface area contributed by atoms with Gasteiger partial charge >= 0.3 is 0 Å². The molecule has 0 spiro atoms. The normalized spacial score (nSPS) is 21.8. The maximum absolute atomic E-state index is 5.14. The van der Waals surface area contributed by atoms with Crippen molar-refractivity contribution in [1.82, 2.24) is 0 Å². The van der Waals surface area contributed by atoms with Gasteiger partial charge in [-0.2, -0.15) is 0 Å². The summed E-state index contributed by atoms with van der Waals surface area (Å²) in [5.74, 6) is 0.556. The predicted octanol–water partition coefficient (Wildman–Crippen LogP) is 2.70. The molecule has 1 heterocycles. The second-order valence-electron chi connectivity index (χ2n) is 3.01. The standard InChI is InChI=1S/C11H12O/c1-2-4-10(5-3-1)11-6-8-12-9-7-11/h1-6,8,11H,7,9H2/t11-/m0/s1. The van der Waals surface area contributed by atoms with E-state index in [1.165, 1.54) is 5.56 Å². The highest BCUT2D eigenvalue weighted by atomic mass is 16.5. The van der Waals surface area contributed by atoms with Crippen molar-refractivity contribution >= 4 is 0 Å². The van der Waals surface area contributed by atoms with Crippen LogP contribution in [0.1, 0.15) is 17.9 Å². The minimum Gasteiger partial charge on any atom is -0.501 e. The Morgan fingerprint density at radius 1 is 1.17 bits per heavy atom. The molecule has 1 aromatic rings. The lowest BCUT2D eigenvalue weighted by Crippen LogP contribution is -2.04. The van der Waals surface area contributed by atoms with Gasteiger partial charge in [0.2, 0.25) is 0 Å². The SMILES string of the molecule is C1=C[C@H](c2ccccc2)CCO1. The molecule has 0 amide bonds. The largest absolute Gasteiger partial charge is 0.501 e. The van der Waals surface area contributed by atoms with Crippen LogP contribution in [0.5, 0.6) is 0 Å². The van der Waals surface area contributed by atoms with Crippen LogP contribution >= 0.6 is 0 Å². The summed E-state index contributed by atoms with van der Waals surface area (Å²) in [6.07, 6.45) is 5.03. The molecule has 62 valence electrons. The van der Waals surface area contributed by atoms with Crippen LogP contribution in [-0.4, -0.2) is 6.61 Å². The van der Waals surface area contributed by atoms with Crippen LogP contribution in [0.2, 0.25) is 0 Å². The van der Waals surface area contributed by atoms with Crippen molar-refractivity contribution in [3.63, 3.8) is 0 Å². The molecule has 0 bridgehead atoms. The van der Waals surface area contributed by atoms with Gasteiger partial charge in [-0.05, 0) is 18.1 Å². The highest BCUT2D eigenvalue weighted by Crippen LogP contribution is 2.23. The van der Waals surface area contributed by atoms with Crippen molar-refractivity contribution in [3.05, 3.63) is 48.2 Å². The van der Waals surface area contributed by atoms with Gasteiger partial charge in [-0.3, -0.25) is 0 Å². The highest BCUT2D eigenvalue weighted by Gasteiger charge is 2.09. The first kappa shape index (κ1) is 7.41. The van der Waals surface area contributed by atoms with Crippen LogP contribution in [0.25, 0.3) is 0 Å². The molecule has 1 nitrogen and oxygen atoms in total. The van der Waals surface area contributed by atoms with E-state index in [2.05, 4.69) is 30.3 Å². The first-order valence-corrected chi connectivity index (χ1v) is 4.30. The Hall–Kier alpha value is -1.24. The minimum atomic E-state index is 0.556. The van der Waals surface area contributed by atoms with Gasteiger partial charge in [0.25, 0.3) is 0 Å². The molecule has 0 saturated heterocycles. The summed E-state index contributed by atoms with van der Waals surface area (Å²) in [7, 11) is 0. The summed E-state index contributed by atoms with van der Waals surface area (Å²) in [5, 5.41) is 0. The lowest BCUT2D eigenvalue weighted by atomic mass is 9.95. The first-order valence-electron chi connectivity index (χ1n) is 4.30. The van der Waals surface area contributed by atoms with Crippen LogP contribution < -0.4 is 0 Å². The summed E-state index contributed by atoms with van der Waals surface area (Å²) >= 11 is 0. The van der Waals surface area contributed by atoms with Gasteiger partial charge in [0, 0.05) is 5.92 Å². The third kappa shape index (κ3) is 1.50. The van der Waals surface area contributed by atoms with Crippen molar-refractivity contribution < 1.29 is 4.74 Å². The molecule has 1 aliphatic rings. The van der Waals surface area contributed by atoms with Crippen LogP contribution in [0.3, 0.4) is 0 Å². The van der Waals surface area contributed by atoms with Crippen molar-refractivity contribution in [2.75, 3.05) is 6.61 Å². The molecule has 1 heteroatoms. The second-order valence-corrected chi connectivity index (χ2v) is 3.01. The fourth-order valence-corrected chi connectivity index (χ4v) is 1.49. The zero-order chi connectivity index (χ0) is 8.23. The number of ether oxygens (including phenoxy) is 1. The number of rotatable bonds is 1. The molecule has 0 N–H and O–H groups in total. The van der Waals surface area contributed by atoms with Gasteiger partial charge in [0.15, 0.2) is 0 Å². The van der Waals surface area contributed by atoms with Gasteiger partial charge in [0.1, 0.15) is 0 Å². The predicted molar refractivity (Wildman–Crippen MR) is 48.9 cm³/mol. The van der Waals surface area contributed by atoms with Gasteiger partial charge in [-0.25, -0.2) is 0 Å². The van der Waals surface area contributed by atoms with E-state index >= 15 is 0 Å². The quantitative estimate of drug-likeness (QED) is 0.613. The molecule has 0 fully saturated rings. The van der Waals surface area contributed by atoms with Gasteiger partial charge in [-0.15, -0.1) is 0 Å². The average Bonchev–Trinajstić information content (AvgIpc) is 2.21. The monoisotopic (exact) mass is 160 g/mol. The summed E-state index contributed by atoms with van der Waals surface area (Å²) in [6, 6.07) is 10.5. The maximum Gasteiger partial charge on any atom is 0.0882 e. The van der Waals surface area contributed by atoms with E-state index in [0.717, 1.165) is 13.0 Å². The van der Waals surface area contributed by atoms with Crippen molar-refractivity contribution in [2.24, 2.45) is 0 Å². The van der Waals surface area contributed by atoms with Gasteiger partial charge in [0.05, 0.1) is 12.9 Å². The number of hydrogen-bond acceptors (Lipinski definition) is 1. The summed E-state index contributed by atoms with van der Waals surface area (Å²) < 4.78 is 5.14. The van der Waals surface area contributed by atoms with Crippen LogP contribution in [0.4, 0.5) is 0 Å². The zero-order valence-electron chi connectivity index (χ0n) is 6.94. The molecule has 1 aromatic carbocycles. The molecular formula is C11H12O. The molecule has 12 heavy (non-hydrogen) atoms. The lowest BCUT2D eigenvalue weighted by Gasteiger charge is -2.16. The van der Waals surface area contributed by atoms with E-state index in [0.29, 0.717) is 5.92 Å². The molecular weight excluding hydrogens is 148 g/mol. The first-order chi connectivity index (χ1) is 5.97. The average molecular weight is 160 g/mol. The summed E-state index contributed by atoms with van der Waals surface area (Å²) in [6.45, 7) is 0.843. The second kappa shape index (κ2) is 3.44. The molecule has 1 atom stereocenters. The van der Waals surface area contributed by atoms with E-state index < -0.39 is 0 Å². The Labute approximate surface area is 72.7 Å². The number of hydrogen-bond donors (Lipinski definition) is 0. The maximum atomic E-state index is 5.14. The molecule has 2 rings (SSSR count). The Kier molecular flexibility index (Phi) is 2.12.